The van der Waals surface area contributed by atoms with Crippen LogP contribution >= 0.6 is 0 Å². The summed E-state index contributed by atoms with van der Waals surface area (Å²) >= 11 is 0. The minimum Gasteiger partial charge on any atom is -0.300 e. The molecular formula is C27H23NO3. The van der Waals surface area contributed by atoms with Gasteiger partial charge >= 0.3 is 0 Å². The zero-order valence-corrected chi connectivity index (χ0v) is 17.3. The van der Waals surface area contributed by atoms with Crippen molar-refractivity contribution >= 4 is 23.3 Å². The number of Topliss-reactive ketones (excluding diaryl/α,β-unsaturated/α-hetero) is 1. The number of anilines is 1. The highest BCUT2D eigenvalue weighted by molar-refractivity contribution is 6.23. The third-order valence-corrected chi connectivity index (χ3v) is 6.83. The van der Waals surface area contributed by atoms with E-state index < -0.39 is 5.41 Å². The highest BCUT2D eigenvalue weighted by Crippen LogP contribution is 2.61. The van der Waals surface area contributed by atoms with E-state index in [0.717, 1.165) is 16.7 Å². The van der Waals surface area contributed by atoms with Crippen molar-refractivity contribution in [3.8, 4) is 0 Å². The Morgan fingerprint density at radius 3 is 1.77 bits per heavy atom. The lowest BCUT2D eigenvalue weighted by molar-refractivity contribution is -0.132. The first-order valence-corrected chi connectivity index (χ1v) is 10.6. The maximum atomic E-state index is 14.2. The van der Waals surface area contributed by atoms with E-state index in [1.54, 1.807) is 0 Å². The molecule has 1 heterocycles. The van der Waals surface area contributed by atoms with Crippen molar-refractivity contribution in [1.29, 1.82) is 0 Å². The molecule has 0 aromatic heterocycles. The maximum absolute atomic E-state index is 14.2. The van der Waals surface area contributed by atoms with Crippen LogP contribution in [0.2, 0.25) is 0 Å². The average Bonchev–Trinajstić information content (AvgIpc) is 3.05. The quantitative estimate of drug-likeness (QED) is 0.614. The Bertz CT molecular complexity index is 1120. The molecule has 0 saturated heterocycles. The molecule has 1 aliphatic carbocycles. The Kier molecular flexibility index (Phi) is 4.58. The van der Waals surface area contributed by atoms with E-state index in [0.29, 0.717) is 5.69 Å². The van der Waals surface area contributed by atoms with Crippen LogP contribution in [0, 0.1) is 0 Å². The summed E-state index contributed by atoms with van der Waals surface area (Å²) < 4.78 is 0. The number of benzene rings is 3. The molecule has 3 aromatic carbocycles. The summed E-state index contributed by atoms with van der Waals surface area (Å²) in [7, 11) is 0. The number of rotatable bonds is 2. The number of nitrogens with zero attached hydrogens (tertiary/aromatic N) is 1. The van der Waals surface area contributed by atoms with Gasteiger partial charge in [0.15, 0.2) is 0 Å². The second kappa shape index (κ2) is 7.31. The SMILES string of the molecule is CC(=O)N1C(=O)C2(c3ccccc31)[C@@H](c1ccccc1)CC(=O)C[C@@H]2c1ccccc1. The molecule has 0 bridgehead atoms. The van der Waals surface area contributed by atoms with Gasteiger partial charge in [-0.05, 0) is 22.8 Å². The molecule has 154 valence electrons. The van der Waals surface area contributed by atoms with Gasteiger partial charge in [-0.15, -0.1) is 0 Å². The normalized spacial score (nSPS) is 21.9. The van der Waals surface area contributed by atoms with Gasteiger partial charge in [0.25, 0.3) is 0 Å². The van der Waals surface area contributed by atoms with Gasteiger partial charge in [-0.25, -0.2) is 4.90 Å². The van der Waals surface area contributed by atoms with E-state index >= 15 is 0 Å². The van der Waals surface area contributed by atoms with Crippen molar-refractivity contribution in [3.05, 3.63) is 102 Å². The fourth-order valence-corrected chi connectivity index (χ4v) is 5.65. The van der Waals surface area contributed by atoms with Crippen LogP contribution < -0.4 is 4.90 Å². The molecule has 0 unspecified atom stereocenters. The lowest BCUT2D eigenvalue weighted by Gasteiger charge is -2.46. The molecule has 31 heavy (non-hydrogen) atoms. The van der Waals surface area contributed by atoms with E-state index in [-0.39, 0.29) is 42.3 Å². The molecule has 1 saturated carbocycles. The molecule has 2 atom stereocenters. The van der Waals surface area contributed by atoms with Crippen LogP contribution in [0.25, 0.3) is 0 Å². The molecule has 4 nitrogen and oxygen atoms in total. The second-order valence-corrected chi connectivity index (χ2v) is 8.42. The van der Waals surface area contributed by atoms with Crippen LogP contribution in [0.4, 0.5) is 5.69 Å². The third-order valence-electron chi connectivity index (χ3n) is 6.83. The Labute approximate surface area is 181 Å². The first-order valence-electron chi connectivity index (χ1n) is 10.6. The second-order valence-electron chi connectivity index (χ2n) is 8.42. The Morgan fingerprint density at radius 1 is 0.774 bits per heavy atom. The molecule has 1 fully saturated rings. The number of para-hydroxylation sites is 1. The topological polar surface area (TPSA) is 54.5 Å². The van der Waals surface area contributed by atoms with Crippen LogP contribution in [0.1, 0.15) is 48.3 Å². The van der Waals surface area contributed by atoms with Crippen LogP contribution in [0.5, 0.6) is 0 Å². The molecule has 1 aliphatic heterocycles. The molecule has 0 N–H and O–H groups in total. The number of hydrogen-bond donors (Lipinski definition) is 0. The minimum atomic E-state index is -1.01. The smallest absolute Gasteiger partial charge is 0.245 e. The summed E-state index contributed by atoms with van der Waals surface area (Å²) in [5, 5.41) is 0. The van der Waals surface area contributed by atoms with E-state index in [1.165, 1.54) is 11.8 Å². The monoisotopic (exact) mass is 409 g/mol. The zero-order chi connectivity index (χ0) is 21.6. The highest BCUT2D eigenvalue weighted by Gasteiger charge is 2.63. The summed E-state index contributed by atoms with van der Waals surface area (Å²) in [5.41, 5.74) is 2.36. The van der Waals surface area contributed by atoms with Crippen molar-refractivity contribution < 1.29 is 14.4 Å². The predicted octanol–water partition coefficient (Wildman–Crippen LogP) is 4.75. The van der Waals surface area contributed by atoms with Crippen molar-refractivity contribution in [3.63, 3.8) is 0 Å². The van der Waals surface area contributed by atoms with Crippen molar-refractivity contribution in [2.75, 3.05) is 4.90 Å². The van der Waals surface area contributed by atoms with Crippen LogP contribution in [-0.2, 0) is 19.8 Å². The van der Waals surface area contributed by atoms with Crippen molar-refractivity contribution in [1.82, 2.24) is 0 Å². The molecule has 3 aromatic rings. The molecule has 4 heteroatoms. The highest BCUT2D eigenvalue weighted by atomic mass is 16.2. The van der Waals surface area contributed by atoms with Crippen LogP contribution in [0.3, 0.4) is 0 Å². The molecule has 1 spiro atoms. The minimum absolute atomic E-state index is 0.139. The fraction of sp³-hybridized carbons (Fsp3) is 0.222. The molecule has 2 amide bonds. The summed E-state index contributed by atoms with van der Waals surface area (Å²) in [6, 6.07) is 27.1. The number of hydrogen-bond acceptors (Lipinski definition) is 3. The maximum Gasteiger partial charge on any atom is 0.245 e. The largest absolute Gasteiger partial charge is 0.300 e. The first kappa shape index (κ1) is 19.4. The van der Waals surface area contributed by atoms with Crippen molar-refractivity contribution in [2.24, 2.45) is 0 Å². The van der Waals surface area contributed by atoms with E-state index in [1.807, 2.05) is 84.9 Å². The average molecular weight is 409 g/mol. The Balaban J connectivity index is 1.85. The molecule has 5 rings (SSSR count). The van der Waals surface area contributed by atoms with Gasteiger partial charge in [0, 0.05) is 31.6 Å². The van der Waals surface area contributed by atoms with E-state index in [2.05, 4.69) is 0 Å². The number of carbonyl (C=O) groups excluding carboxylic acids is 3. The number of carbonyl (C=O) groups is 3. The van der Waals surface area contributed by atoms with Crippen LogP contribution in [-0.4, -0.2) is 17.6 Å². The van der Waals surface area contributed by atoms with Gasteiger partial charge in [-0.2, -0.15) is 0 Å². The lowest BCUT2D eigenvalue weighted by atomic mass is 9.54. The first-order chi connectivity index (χ1) is 15.0. The van der Waals surface area contributed by atoms with Gasteiger partial charge in [0.2, 0.25) is 11.8 Å². The van der Waals surface area contributed by atoms with E-state index in [4.69, 9.17) is 0 Å². The summed E-state index contributed by atoms with van der Waals surface area (Å²) in [6.45, 7) is 1.43. The number of imide groups is 1. The molecular weight excluding hydrogens is 386 g/mol. The lowest BCUT2D eigenvalue weighted by Crippen LogP contribution is -2.53. The molecule has 0 radical (unpaired) electrons. The Hall–Kier alpha value is -3.53. The summed E-state index contributed by atoms with van der Waals surface area (Å²) in [5.74, 6) is -1.09. The predicted molar refractivity (Wildman–Crippen MR) is 119 cm³/mol. The van der Waals surface area contributed by atoms with E-state index in [9.17, 15) is 14.4 Å². The zero-order valence-electron chi connectivity index (χ0n) is 17.3. The van der Waals surface area contributed by atoms with Gasteiger partial charge in [0.05, 0.1) is 11.1 Å². The summed E-state index contributed by atoms with van der Waals surface area (Å²) in [4.78, 5) is 41.2. The Morgan fingerprint density at radius 2 is 1.26 bits per heavy atom. The number of ketones is 1. The number of amides is 2. The van der Waals surface area contributed by atoms with Crippen LogP contribution in [0.15, 0.2) is 84.9 Å². The third kappa shape index (κ3) is 2.78. The van der Waals surface area contributed by atoms with Crippen molar-refractivity contribution in [2.45, 2.75) is 37.0 Å². The fourth-order valence-electron chi connectivity index (χ4n) is 5.65. The van der Waals surface area contributed by atoms with Gasteiger partial charge in [-0.1, -0.05) is 78.9 Å². The molecule has 2 aliphatic rings. The van der Waals surface area contributed by atoms with Gasteiger partial charge < -0.3 is 0 Å². The van der Waals surface area contributed by atoms with Gasteiger partial charge in [0.1, 0.15) is 5.78 Å². The number of fused-ring (bicyclic) bond motifs is 2. The van der Waals surface area contributed by atoms with Gasteiger partial charge in [-0.3, -0.25) is 14.4 Å². The standard InChI is InChI=1S/C27H23NO3/c1-18(29)28-25-15-9-8-14-22(25)27(26(28)31)23(19-10-4-2-5-11-19)16-21(30)17-24(27)20-12-6-3-7-13-20/h2-15,23-24H,16-17H2,1H3/t23-,24-/m1/s1. The summed E-state index contributed by atoms with van der Waals surface area (Å²) in [6.07, 6.45) is 0.554.